The van der Waals surface area contributed by atoms with E-state index in [1.807, 2.05) is 5.01 Å². The summed E-state index contributed by atoms with van der Waals surface area (Å²) in [5.41, 5.74) is 3.02. The minimum atomic E-state index is -0.502. The van der Waals surface area contributed by atoms with E-state index in [1.165, 1.54) is 24.6 Å². The Hall–Kier alpha value is -1.95. The topological polar surface area (TPSA) is 75.5 Å². The van der Waals surface area contributed by atoms with Crippen molar-refractivity contribution in [3.05, 3.63) is 39.9 Å². The number of piperidine rings is 1. The molecule has 0 atom stereocenters. The van der Waals surface area contributed by atoms with Crippen LogP contribution in [-0.4, -0.2) is 28.9 Å². The monoisotopic (exact) mass is 249 g/mol. The highest BCUT2D eigenvalue weighted by Gasteiger charge is 2.15. The van der Waals surface area contributed by atoms with E-state index in [1.54, 1.807) is 6.07 Å². The van der Waals surface area contributed by atoms with Gasteiger partial charge < -0.3 is 0 Å². The van der Waals surface area contributed by atoms with Gasteiger partial charge in [0.25, 0.3) is 11.6 Å². The standard InChI is InChI=1S/C12H15N3O3/c16-12(13-14-7-2-1-3-8-14)10-5-4-6-11(9-10)15(17)18/h4-6,9H,1-3,7-8H2,(H,13,16). The first kappa shape index (κ1) is 12.5. The van der Waals surface area contributed by atoms with Crippen molar-refractivity contribution in [3.8, 4) is 0 Å². The van der Waals surface area contributed by atoms with E-state index in [0.717, 1.165) is 25.9 Å². The molecule has 18 heavy (non-hydrogen) atoms. The average molecular weight is 249 g/mol. The van der Waals surface area contributed by atoms with Crippen molar-refractivity contribution in [2.24, 2.45) is 0 Å². The van der Waals surface area contributed by atoms with E-state index < -0.39 is 4.92 Å². The molecular formula is C12H15N3O3. The highest BCUT2D eigenvalue weighted by molar-refractivity contribution is 5.94. The summed E-state index contributed by atoms with van der Waals surface area (Å²) in [6.07, 6.45) is 3.31. The van der Waals surface area contributed by atoms with Crippen molar-refractivity contribution in [2.75, 3.05) is 13.1 Å². The molecule has 1 fully saturated rings. The van der Waals surface area contributed by atoms with E-state index in [4.69, 9.17) is 0 Å². The molecular weight excluding hydrogens is 234 g/mol. The number of nitro groups is 1. The number of carbonyl (C=O) groups is 1. The number of nitrogens with one attached hydrogen (secondary N) is 1. The molecule has 1 aromatic carbocycles. The Morgan fingerprint density at radius 2 is 2.00 bits per heavy atom. The number of rotatable bonds is 3. The van der Waals surface area contributed by atoms with Crippen LogP contribution in [0.5, 0.6) is 0 Å². The maximum atomic E-state index is 11.9. The Balaban J connectivity index is 2.03. The summed E-state index contributed by atoms with van der Waals surface area (Å²) in [6.45, 7) is 1.67. The molecule has 0 spiro atoms. The molecule has 2 rings (SSSR count). The third-order valence-corrected chi connectivity index (χ3v) is 2.93. The van der Waals surface area contributed by atoms with Crippen molar-refractivity contribution in [3.63, 3.8) is 0 Å². The molecule has 96 valence electrons. The van der Waals surface area contributed by atoms with Crippen molar-refractivity contribution in [2.45, 2.75) is 19.3 Å². The van der Waals surface area contributed by atoms with E-state index in [9.17, 15) is 14.9 Å². The number of hydrogen-bond donors (Lipinski definition) is 1. The smallest absolute Gasteiger partial charge is 0.270 e. The number of benzene rings is 1. The van der Waals surface area contributed by atoms with Crippen LogP contribution >= 0.6 is 0 Å². The number of nitrogens with zero attached hydrogens (tertiary/aromatic N) is 2. The van der Waals surface area contributed by atoms with Crippen LogP contribution in [-0.2, 0) is 0 Å². The van der Waals surface area contributed by atoms with Gasteiger partial charge in [0.05, 0.1) is 4.92 Å². The molecule has 6 heteroatoms. The molecule has 0 radical (unpaired) electrons. The molecule has 1 aliphatic heterocycles. The van der Waals surface area contributed by atoms with Gasteiger partial charge >= 0.3 is 0 Å². The number of nitro benzene ring substituents is 1. The number of amides is 1. The summed E-state index contributed by atoms with van der Waals surface area (Å²) in [7, 11) is 0. The summed E-state index contributed by atoms with van der Waals surface area (Å²) in [4.78, 5) is 22.0. The summed E-state index contributed by atoms with van der Waals surface area (Å²) in [5.74, 6) is -0.291. The first-order valence-electron chi connectivity index (χ1n) is 5.97. The third kappa shape index (κ3) is 3.04. The predicted molar refractivity (Wildman–Crippen MR) is 66.0 cm³/mol. The van der Waals surface area contributed by atoms with Crippen molar-refractivity contribution in [1.82, 2.24) is 10.4 Å². The normalized spacial score (nSPS) is 16.2. The molecule has 0 aliphatic carbocycles. The van der Waals surface area contributed by atoms with Crippen molar-refractivity contribution in [1.29, 1.82) is 0 Å². The van der Waals surface area contributed by atoms with Crippen LogP contribution in [0.1, 0.15) is 29.6 Å². The van der Waals surface area contributed by atoms with Crippen LogP contribution < -0.4 is 5.43 Å². The Morgan fingerprint density at radius 1 is 1.28 bits per heavy atom. The first-order chi connectivity index (χ1) is 8.66. The minimum Gasteiger partial charge on any atom is -0.285 e. The van der Waals surface area contributed by atoms with E-state index in [2.05, 4.69) is 5.43 Å². The fraction of sp³-hybridized carbons (Fsp3) is 0.417. The Morgan fingerprint density at radius 3 is 2.67 bits per heavy atom. The molecule has 1 heterocycles. The molecule has 1 N–H and O–H groups in total. The molecule has 0 aromatic heterocycles. The lowest BCUT2D eigenvalue weighted by Crippen LogP contribution is -2.45. The number of carbonyl (C=O) groups excluding carboxylic acids is 1. The number of hydrazine groups is 1. The zero-order valence-corrected chi connectivity index (χ0v) is 9.96. The molecule has 6 nitrogen and oxygen atoms in total. The van der Waals surface area contributed by atoms with Gasteiger partial charge in [-0.05, 0) is 18.9 Å². The maximum Gasteiger partial charge on any atom is 0.270 e. The summed E-state index contributed by atoms with van der Waals surface area (Å²) in [6, 6.07) is 5.76. The van der Waals surface area contributed by atoms with Crippen LogP contribution in [0.4, 0.5) is 5.69 Å². The molecule has 0 unspecified atom stereocenters. The molecule has 1 saturated heterocycles. The van der Waals surface area contributed by atoms with Gasteiger partial charge in [-0.15, -0.1) is 0 Å². The molecule has 0 bridgehead atoms. The van der Waals surface area contributed by atoms with Gasteiger partial charge in [0.15, 0.2) is 0 Å². The lowest BCUT2D eigenvalue weighted by molar-refractivity contribution is -0.384. The van der Waals surface area contributed by atoms with Gasteiger partial charge in [0, 0.05) is 30.8 Å². The zero-order valence-electron chi connectivity index (χ0n) is 9.96. The van der Waals surface area contributed by atoms with E-state index in [-0.39, 0.29) is 11.6 Å². The van der Waals surface area contributed by atoms with Crippen molar-refractivity contribution < 1.29 is 9.72 Å². The predicted octanol–water partition coefficient (Wildman–Crippen LogP) is 1.73. The zero-order chi connectivity index (χ0) is 13.0. The van der Waals surface area contributed by atoms with Crippen LogP contribution in [0.25, 0.3) is 0 Å². The van der Waals surface area contributed by atoms with Gasteiger partial charge in [0.2, 0.25) is 0 Å². The van der Waals surface area contributed by atoms with Crippen LogP contribution in [0.2, 0.25) is 0 Å². The molecule has 1 amide bonds. The fourth-order valence-electron chi connectivity index (χ4n) is 1.97. The largest absolute Gasteiger partial charge is 0.285 e. The van der Waals surface area contributed by atoms with E-state index in [0.29, 0.717) is 5.56 Å². The second kappa shape index (κ2) is 5.59. The second-order valence-electron chi connectivity index (χ2n) is 4.30. The van der Waals surface area contributed by atoms with Gasteiger partial charge in [0.1, 0.15) is 0 Å². The number of hydrogen-bond acceptors (Lipinski definition) is 4. The first-order valence-corrected chi connectivity index (χ1v) is 5.97. The Labute approximate surface area is 105 Å². The Kier molecular flexibility index (Phi) is 3.88. The lowest BCUT2D eigenvalue weighted by Gasteiger charge is -2.26. The minimum absolute atomic E-state index is 0.0682. The molecule has 1 aromatic rings. The van der Waals surface area contributed by atoms with Gasteiger partial charge in [-0.25, -0.2) is 5.01 Å². The fourth-order valence-corrected chi connectivity index (χ4v) is 1.97. The van der Waals surface area contributed by atoms with E-state index >= 15 is 0 Å². The third-order valence-electron chi connectivity index (χ3n) is 2.93. The highest BCUT2D eigenvalue weighted by Crippen LogP contribution is 2.13. The highest BCUT2D eigenvalue weighted by atomic mass is 16.6. The quantitative estimate of drug-likeness (QED) is 0.653. The van der Waals surface area contributed by atoms with Crippen LogP contribution in [0.3, 0.4) is 0 Å². The van der Waals surface area contributed by atoms with Gasteiger partial charge in [-0.1, -0.05) is 12.5 Å². The Bertz CT molecular complexity index is 456. The lowest BCUT2D eigenvalue weighted by atomic mass is 10.1. The molecule has 0 saturated carbocycles. The van der Waals surface area contributed by atoms with Crippen LogP contribution in [0, 0.1) is 10.1 Å². The van der Waals surface area contributed by atoms with Crippen LogP contribution in [0.15, 0.2) is 24.3 Å². The summed E-state index contributed by atoms with van der Waals surface area (Å²) < 4.78 is 0. The summed E-state index contributed by atoms with van der Waals surface area (Å²) in [5, 5.41) is 12.5. The second-order valence-corrected chi connectivity index (χ2v) is 4.30. The number of non-ortho nitro benzene ring substituents is 1. The summed E-state index contributed by atoms with van der Waals surface area (Å²) >= 11 is 0. The SMILES string of the molecule is O=C(NN1CCCCC1)c1cccc([N+](=O)[O-])c1. The van der Waals surface area contributed by atoms with Gasteiger partial charge in [-0.2, -0.15) is 0 Å². The maximum absolute atomic E-state index is 11.9. The average Bonchev–Trinajstić information content (AvgIpc) is 2.40. The van der Waals surface area contributed by atoms with Crippen molar-refractivity contribution >= 4 is 11.6 Å². The van der Waals surface area contributed by atoms with Gasteiger partial charge in [-0.3, -0.25) is 20.3 Å². The molecule has 1 aliphatic rings.